The molecule has 1 aromatic carbocycles. The van der Waals surface area contributed by atoms with Crippen LogP contribution in [0.1, 0.15) is 27.2 Å². The number of carboxylic acid groups (broad SMARTS) is 1. The monoisotopic (exact) mass is 287 g/mol. The van der Waals surface area contributed by atoms with Crippen LogP contribution in [0.3, 0.4) is 0 Å². The van der Waals surface area contributed by atoms with Crippen LogP contribution in [0.4, 0.5) is 0 Å². The zero-order chi connectivity index (χ0) is 14.9. The van der Waals surface area contributed by atoms with E-state index in [1.54, 1.807) is 37.7 Å². The first-order valence-corrected chi connectivity index (χ1v) is 6.71. The lowest BCUT2D eigenvalue weighted by molar-refractivity contribution is 0.0696. The first kappa shape index (κ1) is 14.2. The molecule has 5 nitrogen and oxygen atoms in total. The Kier molecular flexibility index (Phi) is 3.81. The minimum absolute atomic E-state index is 0.271. The van der Waals surface area contributed by atoms with Gasteiger partial charge in [0.25, 0.3) is 0 Å². The normalized spacial score (nSPS) is 10.3. The number of hydrogen-bond acceptors (Lipinski definition) is 4. The highest BCUT2D eigenvalue weighted by Gasteiger charge is 2.15. The predicted molar refractivity (Wildman–Crippen MR) is 74.9 cm³/mol. The Hall–Kier alpha value is -2.26. The summed E-state index contributed by atoms with van der Waals surface area (Å²) in [6.45, 7) is 3.53. The van der Waals surface area contributed by atoms with Crippen LogP contribution in [0.5, 0.6) is 0 Å². The molecule has 0 spiro atoms. The van der Waals surface area contributed by atoms with Crippen molar-refractivity contribution < 1.29 is 9.90 Å². The second-order valence-corrected chi connectivity index (χ2v) is 5.45. The number of carboxylic acids is 1. The third-order valence-electron chi connectivity index (χ3n) is 2.94. The van der Waals surface area contributed by atoms with Crippen molar-refractivity contribution in [2.75, 3.05) is 0 Å². The van der Waals surface area contributed by atoms with Crippen LogP contribution in [-0.4, -0.2) is 20.9 Å². The van der Waals surface area contributed by atoms with Gasteiger partial charge in [0.1, 0.15) is 16.7 Å². The number of rotatable bonds is 3. The van der Waals surface area contributed by atoms with Gasteiger partial charge in [0, 0.05) is 11.9 Å². The number of aromatic nitrogens is 2. The van der Waals surface area contributed by atoms with Crippen molar-refractivity contribution in [1.29, 1.82) is 5.26 Å². The van der Waals surface area contributed by atoms with E-state index in [9.17, 15) is 4.79 Å². The molecular weight excluding hydrogens is 274 g/mol. The van der Waals surface area contributed by atoms with Gasteiger partial charge < -0.3 is 5.11 Å². The lowest BCUT2D eigenvalue weighted by Gasteiger charge is -2.06. The van der Waals surface area contributed by atoms with Crippen LogP contribution in [0.25, 0.3) is 0 Å². The molecule has 1 aromatic heterocycles. The summed E-state index contributed by atoms with van der Waals surface area (Å²) in [5.74, 6) is -0.952. The average molecular weight is 287 g/mol. The van der Waals surface area contributed by atoms with Crippen molar-refractivity contribution >= 4 is 17.7 Å². The smallest absolute Gasteiger partial charge is 0.335 e. The number of nitrogens with zero attached hydrogens (tertiary/aromatic N) is 3. The number of aryl methyl sites for hydroxylation is 3. The lowest BCUT2D eigenvalue weighted by Crippen LogP contribution is -2.00. The molecule has 0 saturated heterocycles. The van der Waals surface area contributed by atoms with Gasteiger partial charge in [-0.15, -0.1) is 0 Å². The van der Waals surface area contributed by atoms with Crippen molar-refractivity contribution in [3.8, 4) is 6.07 Å². The number of hydrogen-bond donors (Lipinski definition) is 1. The third kappa shape index (κ3) is 2.53. The highest BCUT2D eigenvalue weighted by molar-refractivity contribution is 7.99. The molecule has 0 amide bonds. The molecule has 0 radical (unpaired) electrons. The Morgan fingerprint density at radius 1 is 1.45 bits per heavy atom. The molecule has 2 aromatic rings. The first-order chi connectivity index (χ1) is 9.43. The Morgan fingerprint density at radius 2 is 2.15 bits per heavy atom. The van der Waals surface area contributed by atoms with Crippen molar-refractivity contribution in [3.63, 3.8) is 0 Å². The number of benzene rings is 1. The van der Waals surface area contributed by atoms with Crippen molar-refractivity contribution in [3.05, 3.63) is 40.6 Å². The van der Waals surface area contributed by atoms with Crippen LogP contribution in [-0.2, 0) is 7.05 Å². The molecule has 0 aliphatic carbocycles. The average Bonchev–Trinajstić information content (AvgIpc) is 2.65. The van der Waals surface area contributed by atoms with E-state index in [1.165, 1.54) is 11.8 Å². The molecule has 0 aliphatic heterocycles. The Labute approximate surface area is 120 Å². The molecule has 0 fully saturated rings. The summed E-state index contributed by atoms with van der Waals surface area (Å²) >= 11 is 1.34. The highest BCUT2D eigenvalue weighted by atomic mass is 32.2. The summed E-state index contributed by atoms with van der Waals surface area (Å²) in [7, 11) is 1.77. The van der Waals surface area contributed by atoms with Crippen LogP contribution in [0, 0.1) is 25.2 Å². The second kappa shape index (κ2) is 5.39. The number of aromatic carboxylic acids is 1. The summed E-state index contributed by atoms with van der Waals surface area (Å²) in [5, 5.41) is 23.2. The SMILES string of the molecule is Cc1ccc(Sc2c(C#N)c(C)nn2C)cc1C(=O)O. The second-order valence-electron chi connectivity index (χ2n) is 4.38. The van der Waals surface area contributed by atoms with E-state index in [0.717, 1.165) is 4.90 Å². The topological polar surface area (TPSA) is 78.9 Å². The highest BCUT2D eigenvalue weighted by Crippen LogP contribution is 2.32. The molecule has 102 valence electrons. The van der Waals surface area contributed by atoms with Crippen LogP contribution < -0.4 is 0 Å². The summed E-state index contributed by atoms with van der Waals surface area (Å²) < 4.78 is 1.64. The maximum absolute atomic E-state index is 11.1. The minimum Gasteiger partial charge on any atom is -0.478 e. The van der Waals surface area contributed by atoms with Gasteiger partial charge in [-0.2, -0.15) is 10.4 Å². The van der Waals surface area contributed by atoms with Gasteiger partial charge in [0.2, 0.25) is 0 Å². The molecule has 1 heterocycles. The molecule has 1 N–H and O–H groups in total. The summed E-state index contributed by atoms with van der Waals surface area (Å²) in [4.78, 5) is 11.9. The quantitative estimate of drug-likeness (QED) is 0.939. The van der Waals surface area contributed by atoms with Gasteiger partial charge in [0.05, 0.1) is 11.3 Å². The fourth-order valence-electron chi connectivity index (χ4n) is 1.89. The molecule has 2 rings (SSSR count). The van der Waals surface area contributed by atoms with E-state index < -0.39 is 5.97 Å². The van der Waals surface area contributed by atoms with E-state index in [4.69, 9.17) is 10.4 Å². The van der Waals surface area contributed by atoms with Crippen molar-refractivity contribution in [1.82, 2.24) is 9.78 Å². The Balaban J connectivity index is 2.44. The Morgan fingerprint density at radius 3 is 2.75 bits per heavy atom. The van der Waals surface area contributed by atoms with E-state index in [2.05, 4.69) is 11.2 Å². The van der Waals surface area contributed by atoms with E-state index in [1.807, 2.05) is 6.07 Å². The molecule has 20 heavy (non-hydrogen) atoms. The van der Waals surface area contributed by atoms with Gasteiger partial charge in [-0.3, -0.25) is 4.68 Å². The van der Waals surface area contributed by atoms with Crippen LogP contribution in [0.15, 0.2) is 28.1 Å². The summed E-state index contributed by atoms with van der Waals surface area (Å²) in [6, 6.07) is 7.36. The van der Waals surface area contributed by atoms with Crippen LogP contribution >= 0.6 is 11.8 Å². The third-order valence-corrected chi connectivity index (χ3v) is 4.09. The fraction of sp³-hybridized carbons (Fsp3) is 0.214. The fourth-order valence-corrected chi connectivity index (χ4v) is 2.89. The molecule has 0 unspecified atom stereocenters. The van der Waals surface area contributed by atoms with E-state index in [-0.39, 0.29) is 5.56 Å². The minimum atomic E-state index is -0.952. The standard InChI is InChI=1S/C14H13N3O2S/c1-8-4-5-10(6-11(8)14(18)19)20-13-12(7-15)9(2)16-17(13)3/h4-6H,1-3H3,(H,18,19). The van der Waals surface area contributed by atoms with E-state index in [0.29, 0.717) is 21.8 Å². The van der Waals surface area contributed by atoms with Gasteiger partial charge in [-0.1, -0.05) is 17.8 Å². The molecule has 0 aliphatic rings. The first-order valence-electron chi connectivity index (χ1n) is 5.89. The van der Waals surface area contributed by atoms with Gasteiger partial charge >= 0.3 is 5.97 Å². The van der Waals surface area contributed by atoms with Gasteiger partial charge in [0.15, 0.2) is 0 Å². The molecule has 0 atom stereocenters. The van der Waals surface area contributed by atoms with Crippen molar-refractivity contribution in [2.24, 2.45) is 7.05 Å². The predicted octanol–water partition coefficient (Wildman–Crippen LogP) is 2.76. The Bertz CT molecular complexity index is 729. The summed E-state index contributed by atoms with van der Waals surface area (Å²) in [5.41, 5.74) is 2.17. The molecule has 0 saturated carbocycles. The zero-order valence-electron chi connectivity index (χ0n) is 11.3. The summed E-state index contributed by atoms with van der Waals surface area (Å²) in [6.07, 6.45) is 0. The van der Waals surface area contributed by atoms with Gasteiger partial charge in [-0.05, 0) is 31.5 Å². The number of nitriles is 1. The van der Waals surface area contributed by atoms with Gasteiger partial charge in [-0.25, -0.2) is 4.79 Å². The van der Waals surface area contributed by atoms with Crippen LogP contribution in [0.2, 0.25) is 0 Å². The zero-order valence-corrected chi connectivity index (χ0v) is 12.2. The maximum Gasteiger partial charge on any atom is 0.335 e. The van der Waals surface area contributed by atoms with E-state index >= 15 is 0 Å². The largest absolute Gasteiger partial charge is 0.478 e. The number of carbonyl (C=O) groups is 1. The molecule has 0 bridgehead atoms. The molecular formula is C14H13N3O2S. The maximum atomic E-state index is 11.1. The lowest BCUT2D eigenvalue weighted by atomic mass is 10.1. The molecule has 6 heteroatoms. The van der Waals surface area contributed by atoms with Crippen molar-refractivity contribution in [2.45, 2.75) is 23.8 Å².